The smallest absolute Gasteiger partial charge is 0.337 e. The van der Waals surface area contributed by atoms with E-state index in [1.165, 1.54) is 19.9 Å². The molecule has 0 amide bonds. The van der Waals surface area contributed by atoms with Crippen LogP contribution in [0.4, 0.5) is 4.39 Å². The molecule has 4 heteroatoms. The van der Waals surface area contributed by atoms with Crippen LogP contribution in [-0.2, 0) is 12.7 Å². The van der Waals surface area contributed by atoms with Gasteiger partial charge in [0.05, 0.1) is 11.1 Å². The molecule has 0 unspecified atom stereocenters. The first-order valence-corrected chi connectivity index (χ1v) is 5.33. The molecule has 0 aliphatic carbocycles. The summed E-state index contributed by atoms with van der Waals surface area (Å²) >= 11 is 0. The molecule has 0 fully saturated rings. The van der Waals surface area contributed by atoms with Gasteiger partial charge in [-0.1, -0.05) is 12.1 Å². The van der Waals surface area contributed by atoms with Gasteiger partial charge in [0.15, 0.2) is 0 Å². The molecule has 0 aliphatic rings. The number of rotatable bonds is 2. The predicted octanol–water partition coefficient (Wildman–Crippen LogP) is 3.08. The molecule has 2 aromatic rings. The monoisotopic (exact) mass is 235 g/mol. The van der Waals surface area contributed by atoms with Crippen molar-refractivity contribution in [3.05, 3.63) is 35.5 Å². The second-order valence-electron chi connectivity index (χ2n) is 4.63. The molecule has 0 saturated heterocycles. The number of aromatic carboxylic acids is 1. The van der Waals surface area contributed by atoms with Gasteiger partial charge in [0.25, 0.3) is 0 Å². The van der Waals surface area contributed by atoms with Crippen LogP contribution < -0.4 is 0 Å². The number of hydrogen-bond donors (Lipinski definition) is 1. The Morgan fingerprint density at radius 2 is 2.06 bits per heavy atom. The third kappa shape index (κ3) is 1.79. The van der Waals surface area contributed by atoms with Crippen LogP contribution in [0.15, 0.2) is 24.4 Å². The van der Waals surface area contributed by atoms with E-state index in [4.69, 9.17) is 5.11 Å². The zero-order valence-corrected chi connectivity index (χ0v) is 9.99. The van der Waals surface area contributed by atoms with E-state index < -0.39 is 11.6 Å². The fourth-order valence-corrected chi connectivity index (χ4v) is 2.11. The zero-order valence-electron chi connectivity index (χ0n) is 9.99. The van der Waals surface area contributed by atoms with Crippen molar-refractivity contribution in [3.8, 4) is 0 Å². The quantitative estimate of drug-likeness (QED) is 0.869. The summed E-state index contributed by atoms with van der Waals surface area (Å²) < 4.78 is 15.7. The van der Waals surface area contributed by atoms with Crippen molar-refractivity contribution in [2.45, 2.75) is 19.5 Å². The van der Waals surface area contributed by atoms with Gasteiger partial charge < -0.3 is 9.67 Å². The van der Waals surface area contributed by atoms with Crippen LogP contribution in [0, 0.1) is 0 Å². The van der Waals surface area contributed by atoms with Crippen molar-refractivity contribution < 1.29 is 14.3 Å². The average molecular weight is 235 g/mol. The van der Waals surface area contributed by atoms with Gasteiger partial charge in [0.2, 0.25) is 0 Å². The lowest BCUT2D eigenvalue weighted by molar-refractivity contribution is 0.0698. The number of nitrogens with zero attached hydrogens (tertiary/aromatic N) is 1. The number of carbonyl (C=O) groups is 1. The fourth-order valence-electron chi connectivity index (χ4n) is 2.11. The van der Waals surface area contributed by atoms with Gasteiger partial charge >= 0.3 is 5.97 Å². The standard InChI is InChI=1S/C13H14FNO2/c1-13(2,14)10-7-15(3)11-8(10)5-4-6-9(11)12(16)17/h4-7H,1-3H3,(H,16,17). The number of hydrogen-bond acceptors (Lipinski definition) is 1. The summed E-state index contributed by atoms with van der Waals surface area (Å²) in [5.74, 6) is -1.000. The van der Waals surface area contributed by atoms with Crippen LogP contribution in [0.1, 0.15) is 29.8 Å². The molecule has 90 valence electrons. The molecule has 3 nitrogen and oxygen atoms in total. The number of fused-ring (bicyclic) bond motifs is 1. The number of aryl methyl sites for hydroxylation is 1. The number of para-hydroxylation sites is 1. The van der Waals surface area contributed by atoms with Crippen molar-refractivity contribution >= 4 is 16.9 Å². The van der Waals surface area contributed by atoms with Crippen LogP contribution in [0.5, 0.6) is 0 Å². The van der Waals surface area contributed by atoms with Gasteiger partial charge in [0.1, 0.15) is 5.67 Å². The van der Waals surface area contributed by atoms with E-state index in [2.05, 4.69) is 0 Å². The molecule has 0 aliphatic heterocycles. The van der Waals surface area contributed by atoms with Crippen molar-refractivity contribution in [1.82, 2.24) is 4.57 Å². The lowest BCUT2D eigenvalue weighted by Gasteiger charge is -2.12. The molecule has 0 spiro atoms. The number of benzene rings is 1. The molecule has 0 saturated carbocycles. The SMILES string of the molecule is Cn1cc(C(C)(C)F)c2cccc(C(=O)O)c21. The molecule has 1 aromatic carbocycles. The zero-order chi connectivity index (χ0) is 12.8. The van der Waals surface area contributed by atoms with E-state index in [0.717, 1.165) is 0 Å². The number of halogens is 1. The van der Waals surface area contributed by atoms with Crippen LogP contribution in [0.2, 0.25) is 0 Å². The van der Waals surface area contributed by atoms with Gasteiger partial charge in [-0.15, -0.1) is 0 Å². The fraction of sp³-hybridized carbons (Fsp3) is 0.308. The van der Waals surface area contributed by atoms with Gasteiger partial charge in [-0.3, -0.25) is 0 Å². The van der Waals surface area contributed by atoms with E-state index in [1.54, 1.807) is 29.9 Å². The van der Waals surface area contributed by atoms with Crippen molar-refractivity contribution in [3.63, 3.8) is 0 Å². The highest BCUT2D eigenvalue weighted by Gasteiger charge is 2.25. The Kier molecular flexibility index (Phi) is 2.45. The largest absolute Gasteiger partial charge is 0.478 e. The third-order valence-electron chi connectivity index (χ3n) is 2.87. The Morgan fingerprint density at radius 1 is 1.41 bits per heavy atom. The van der Waals surface area contributed by atoms with E-state index in [0.29, 0.717) is 16.5 Å². The first-order chi connectivity index (χ1) is 7.82. The minimum absolute atomic E-state index is 0.195. The van der Waals surface area contributed by atoms with Crippen LogP contribution in [0.3, 0.4) is 0 Å². The molecule has 2 rings (SSSR count). The number of aromatic nitrogens is 1. The molecular formula is C13H14FNO2. The maximum atomic E-state index is 14.0. The molecule has 0 bridgehead atoms. The van der Waals surface area contributed by atoms with Crippen molar-refractivity contribution in [2.24, 2.45) is 7.05 Å². The summed E-state index contributed by atoms with van der Waals surface area (Å²) in [6.45, 7) is 2.93. The maximum absolute atomic E-state index is 14.0. The maximum Gasteiger partial charge on any atom is 0.337 e. The van der Waals surface area contributed by atoms with Gasteiger partial charge in [-0.25, -0.2) is 9.18 Å². The first-order valence-electron chi connectivity index (χ1n) is 5.33. The predicted molar refractivity (Wildman–Crippen MR) is 64.0 cm³/mol. The normalized spacial score (nSPS) is 12.0. The summed E-state index contributed by atoms with van der Waals surface area (Å²) in [7, 11) is 1.73. The number of carboxylic acids is 1. The lowest BCUT2D eigenvalue weighted by Crippen LogP contribution is -2.08. The van der Waals surface area contributed by atoms with E-state index in [9.17, 15) is 9.18 Å². The van der Waals surface area contributed by atoms with Crippen LogP contribution in [-0.4, -0.2) is 15.6 Å². The molecule has 0 atom stereocenters. The second-order valence-corrected chi connectivity index (χ2v) is 4.63. The highest BCUT2D eigenvalue weighted by molar-refractivity contribution is 6.03. The summed E-state index contributed by atoms with van der Waals surface area (Å²) in [6.07, 6.45) is 1.65. The number of alkyl halides is 1. The van der Waals surface area contributed by atoms with Crippen molar-refractivity contribution in [2.75, 3.05) is 0 Å². The lowest BCUT2D eigenvalue weighted by atomic mass is 9.98. The van der Waals surface area contributed by atoms with Crippen molar-refractivity contribution in [1.29, 1.82) is 0 Å². The summed E-state index contributed by atoms with van der Waals surface area (Å²) in [6, 6.07) is 4.92. The molecule has 1 heterocycles. The average Bonchev–Trinajstić information content (AvgIpc) is 2.56. The Hall–Kier alpha value is -1.84. The summed E-state index contributed by atoms with van der Waals surface area (Å²) in [5, 5.41) is 9.76. The molecule has 1 N–H and O–H groups in total. The molecule has 17 heavy (non-hydrogen) atoms. The van der Waals surface area contributed by atoms with Gasteiger partial charge in [-0.2, -0.15) is 0 Å². The Bertz CT molecular complexity index is 593. The van der Waals surface area contributed by atoms with Gasteiger partial charge in [-0.05, 0) is 19.9 Å². The summed E-state index contributed by atoms with van der Waals surface area (Å²) in [5.41, 5.74) is -0.226. The summed E-state index contributed by atoms with van der Waals surface area (Å²) in [4.78, 5) is 11.1. The Balaban J connectivity index is 2.87. The highest BCUT2D eigenvalue weighted by Crippen LogP contribution is 2.33. The Labute approximate surface area is 98.5 Å². The minimum Gasteiger partial charge on any atom is -0.478 e. The second kappa shape index (κ2) is 3.58. The van der Waals surface area contributed by atoms with Gasteiger partial charge in [0, 0.05) is 24.2 Å². The van der Waals surface area contributed by atoms with E-state index in [-0.39, 0.29) is 5.56 Å². The molecule has 0 radical (unpaired) electrons. The number of carboxylic acid groups (broad SMARTS) is 1. The Morgan fingerprint density at radius 3 is 2.59 bits per heavy atom. The molecule has 1 aromatic heterocycles. The van der Waals surface area contributed by atoms with E-state index >= 15 is 0 Å². The van der Waals surface area contributed by atoms with Crippen LogP contribution in [0.25, 0.3) is 10.9 Å². The molecular weight excluding hydrogens is 221 g/mol. The minimum atomic E-state index is -1.49. The first kappa shape index (κ1) is 11.6. The van der Waals surface area contributed by atoms with E-state index in [1.807, 2.05) is 0 Å². The third-order valence-corrected chi connectivity index (χ3v) is 2.87. The highest BCUT2D eigenvalue weighted by atomic mass is 19.1. The van der Waals surface area contributed by atoms with Crippen LogP contribution >= 0.6 is 0 Å². The topological polar surface area (TPSA) is 42.2 Å².